The molecule has 168 valence electrons. The molecule has 3 aromatic rings. The van der Waals surface area contributed by atoms with Gasteiger partial charge >= 0.3 is 6.03 Å². The number of imidazole rings is 1. The van der Waals surface area contributed by atoms with Gasteiger partial charge < -0.3 is 24.3 Å². The Bertz CT molecular complexity index is 1030. The van der Waals surface area contributed by atoms with E-state index in [1.165, 1.54) is 0 Å². The molecular weight excluding hydrogens is 406 g/mol. The van der Waals surface area contributed by atoms with E-state index in [4.69, 9.17) is 9.47 Å². The number of piperazine rings is 1. The summed E-state index contributed by atoms with van der Waals surface area (Å²) in [6.07, 6.45) is 5.41. The van der Waals surface area contributed by atoms with Crippen molar-refractivity contribution in [1.82, 2.24) is 24.7 Å². The molecule has 1 aliphatic rings. The van der Waals surface area contributed by atoms with Crippen LogP contribution in [-0.2, 0) is 13.1 Å². The van der Waals surface area contributed by atoms with Crippen LogP contribution in [-0.4, -0.2) is 65.8 Å². The summed E-state index contributed by atoms with van der Waals surface area (Å²) in [5.74, 6) is 1.66. The molecule has 2 amide bonds. The Morgan fingerprint density at radius 3 is 2.56 bits per heavy atom. The molecule has 0 saturated carbocycles. The maximum atomic E-state index is 12.8. The molecule has 0 unspecified atom stereocenters. The summed E-state index contributed by atoms with van der Waals surface area (Å²) in [4.78, 5) is 21.1. The first kappa shape index (κ1) is 21.7. The van der Waals surface area contributed by atoms with Crippen LogP contribution in [0, 0.1) is 0 Å². The number of nitrogens with one attached hydrogen (secondary N) is 1. The number of aromatic nitrogens is 2. The third kappa shape index (κ3) is 5.03. The van der Waals surface area contributed by atoms with Gasteiger partial charge in [-0.2, -0.15) is 0 Å². The van der Waals surface area contributed by atoms with Crippen LogP contribution in [0.1, 0.15) is 11.1 Å². The van der Waals surface area contributed by atoms with Gasteiger partial charge in [0.25, 0.3) is 0 Å². The number of carbonyl (C=O) groups is 1. The standard InChI is InChI=1S/C24H29N5O3/c1-31-21-7-8-23(32-2)20(15-21)17-27-11-13-28(14-12-27)24(30)26-16-19-5-3-4-6-22(19)29-10-9-25-18-29/h3-10,15,18H,11-14,16-17H2,1-2H3,(H,26,30). The highest BCUT2D eigenvalue weighted by molar-refractivity contribution is 5.74. The van der Waals surface area contributed by atoms with Gasteiger partial charge in [-0.05, 0) is 29.8 Å². The van der Waals surface area contributed by atoms with Crippen molar-refractivity contribution >= 4 is 6.03 Å². The highest BCUT2D eigenvalue weighted by Crippen LogP contribution is 2.25. The van der Waals surface area contributed by atoms with Crippen molar-refractivity contribution in [1.29, 1.82) is 0 Å². The summed E-state index contributed by atoms with van der Waals surface area (Å²) >= 11 is 0. The SMILES string of the molecule is COc1ccc(OC)c(CN2CCN(C(=O)NCc3ccccc3-n3ccnc3)CC2)c1. The molecule has 1 aromatic heterocycles. The predicted octanol–water partition coefficient (Wildman–Crippen LogP) is 2.92. The van der Waals surface area contributed by atoms with Crippen molar-refractivity contribution < 1.29 is 14.3 Å². The smallest absolute Gasteiger partial charge is 0.317 e. The molecule has 1 saturated heterocycles. The second-order valence-electron chi connectivity index (χ2n) is 7.70. The molecule has 32 heavy (non-hydrogen) atoms. The van der Waals surface area contributed by atoms with Crippen LogP contribution < -0.4 is 14.8 Å². The summed E-state index contributed by atoms with van der Waals surface area (Å²) in [6, 6.07) is 13.8. The Hall–Kier alpha value is -3.52. The molecule has 0 radical (unpaired) electrons. The number of ether oxygens (including phenoxy) is 2. The van der Waals surface area contributed by atoms with E-state index in [2.05, 4.69) is 15.2 Å². The molecule has 4 rings (SSSR count). The normalized spacial score (nSPS) is 14.2. The zero-order valence-electron chi connectivity index (χ0n) is 18.5. The van der Waals surface area contributed by atoms with Gasteiger partial charge in [0.15, 0.2) is 0 Å². The molecule has 0 aliphatic carbocycles. The summed E-state index contributed by atoms with van der Waals surface area (Å²) in [5.41, 5.74) is 3.14. The van der Waals surface area contributed by atoms with Crippen LogP contribution >= 0.6 is 0 Å². The Morgan fingerprint density at radius 1 is 1.03 bits per heavy atom. The number of carbonyl (C=O) groups excluding carboxylic acids is 1. The van der Waals surface area contributed by atoms with Gasteiger partial charge in [-0.3, -0.25) is 4.90 Å². The van der Waals surface area contributed by atoms with Gasteiger partial charge in [-0.1, -0.05) is 18.2 Å². The lowest BCUT2D eigenvalue weighted by atomic mass is 10.1. The number of rotatable bonds is 7. The number of amides is 2. The minimum atomic E-state index is -0.0379. The van der Waals surface area contributed by atoms with E-state index in [-0.39, 0.29) is 6.03 Å². The van der Waals surface area contributed by atoms with Gasteiger partial charge in [0.1, 0.15) is 11.5 Å². The average molecular weight is 436 g/mol. The topological polar surface area (TPSA) is 71.9 Å². The Kier molecular flexibility index (Phi) is 6.91. The molecule has 2 heterocycles. The molecule has 1 aliphatic heterocycles. The number of hydrogen-bond donors (Lipinski definition) is 1. The van der Waals surface area contributed by atoms with E-state index in [9.17, 15) is 4.79 Å². The number of para-hydroxylation sites is 1. The maximum absolute atomic E-state index is 12.8. The van der Waals surface area contributed by atoms with Crippen LogP contribution in [0.15, 0.2) is 61.2 Å². The lowest BCUT2D eigenvalue weighted by molar-refractivity contribution is 0.134. The first-order valence-corrected chi connectivity index (χ1v) is 10.7. The largest absolute Gasteiger partial charge is 0.497 e. The molecule has 0 atom stereocenters. The Balaban J connectivity index is 1.30. The fourth-order valence-electron chi connectivity index (χ4n) is 3.95. The fourth-order valence-corrected chi connectivity index (χ4v) is 3.95. The quantitative estimate of drug-likeness (QED) is 0.618. The van der Waals surface area contributed by atoms with Crippen LogP contribution in [0.25, 0.3) is 5.69 Å². The van der Waals surface area contributed by atoms with Crippen molar-refractivity contribution in [2.75, 3.05) is 40.4 Å². The first-order valence-electron chi connectivity index (χ1n) is 10.7. The molecule has 8 nitrogen and oxygen atoms in total. The average Bonchev–Trinajstić information content (AvgIpc) is 3.38. The minimum absolute atomic E-state index is 0.0379. The number of hydrogen-bond acceptors (Lipinski definition) is 5. The van der Waals surface area contributed by atoms with Crippen LogP contribution in [0.2, 0.25) is 0 Å². The third-order valence-electron chi connectivity index (χ3n) is 5.75. The number of methoxy groups -OCH3 is 2. The van der Waals surface area contributed by atoms with Crippen molar-refractivity contribution in [2.24, 2.45) is 0 Å². The van der Waals surface area contributed by atoms with Crippen molar-refractivity contribution in [3.05, 3.63) is 72.3 Å². The summed E-state index contributed by atoms with van der Waals surface area (Å²) in [6.45, 7) is 4.20. The molecule has 1 fully saturated rings. The van der Waals surface area contributed by atoms with Gasteiger partial charge in [0.2, 0.25) is 0 Å². The van der Waals surface area contributed by atoms with Crippen molar-refractivity contribution in [3.63, 3.8) is 0 Å². The minimum Gasteiger partial charge on any atom is -0.497 e. The molecule has 0 spiro atoms. The van der Waals surface area contributed by atoms with E-state index < -0.39 is 0 Å². The predicted molar refractivity (Wildman–Crippen MR) is 122 cm³/mol. The molecule has 8 heteroatoms. The zero-order valence-corrected chi connectivity index (χ0v) is 18.5. The Morgan fingerprint density at radius 2 is 1.84 bits per heavy atom. The summed E-state index contributed by atoms with van der Waals surface area (Å²) in [5, 5.41) is 3.07. The van der Waals surface area contributed by atoms with E-state index in [0.717, 1.165) is 47.9 Å². The van der Waals surface area contributed by atoms with Gasteiger partial charge in [0.05, 0.1) is 26.2 Å². The lowest BCUT2D eigenvalue weighted by Gasteiger charge is -2.35. The van der Waals surface area contributed by atoms with Crippen molar-refractivity contribution in [3.8, 4) is 17.2 Å². The number of urea groups is 1. The molecule has 0 bridgehead atoms. The zero-order chi connectivity index (χ0) is 22.3. The summed E-state index contributed by atoms with van der Waals surface area (Å²) < 4.78 is 12.8. The highest BCUT2D eigenvalue weighted by atomic mass is 16.5. The second kappa shape index (κ2) is 10.2. The van der Waals surface area contributed by atoms with Crippen LogP contribution in [0.3, 0.4) is 0 Å². The van der Waals surface area contributed by atoms with Gasteiger partial charge in [-0.25, -0.2) is 9.78 Å². The van der Waals surface area contributed by atoms with E-state index in [1.807, 2.05) is 58.1 Å². The number of nitrogens with zero attached hydrogens (tertiary/aromatic N) is 4. The third-order valence-corrected chi connectivity index (χ3v) is 5.75. The van der Waals surface area contributed by atoms with Gasteiger partial charge in [0, 0.05) is 57.2 Å². The summed E-state index contributed by atoms with van der Waals surface area (Å²) in [7, 11) is 3.34. The van der Waals surface area contributed by atoms with E-state index >= 15 is 0 Å². The van der Waals surface area contributed by atoms with Gasteiger partial charge in [-0.15, -0.1) is 0 Å². The van der Waals surface area contributed by atoms with E-state index in [0.29, 0.717) is 19.6 Å². The molecule has 1 N–H and O–H groups in total. The lowest BCUT2D eigenvalue weighted by Crippen LogP contribution is -2.51. The highest BCUT2D eigenvalue weighted by Gasteiger charge is 2.22. The van der Waals surface area contributed by atoms with Crippen LogP contribution in [0.4, 0.5) is 4.79 Å². The molecular formula is C24H29N5O3. The maximum Gasteiger partial charge on any atom is 0.317 e. The number of benzene rings is 2. The Labute approximate surface area is 188 Å². The van der Waals surface area contributed by atoms with Crippen LogP contribution in [0.5, 0.6) is 11.5 Å². The van der Waals surface area contributed by atoms with E-state index in [1.54, 1.807) is 26.7 Å². The first-order chi connectivity index (χ1) is 15.7. The van der Waals surface area contributed by atoms with Crippen molar-refractivity contribution in [2.45, 2.75) is 13.1 Å². The monoisotopic (exact) mass is 435 g/mol. The fraction of sp³-hybridized carbons (Fsp3) is 0.333. The second-order valence-corrected chi connectivity index (χ2v) is 7.70. The molecule has 2 aromatic carbocycles.